The van der Waals surface area contributed by atoms with Gasteiger partial charge in [0.15, 0.2) is 0 Å². The van der Waals surface area contributed by atoms with E-state index in [-0.39, 0.29) is 11.6 Å². The number of aromatic amines is 1. The number of nitrogens with zero attached hydrogens (tertiary/aromatic N) is 1. The molecule has 1 amide bonds. The van der Waals surface area contributed by atoms with Gasteiger partial charge >= 0.3 is 5.69 Å². The van der Waals surface area contributed by atoms with Crippen molar-refractivity contribution < 1.29 is 4.79 Å². The number of benzene rings is 2. The summed E-state index contributed by atoms with van der Waals surface area (Å²) in [6.07, 6.45) is 1.45. The van der Waals surface area contributed by atoms with Crippen molar-refractivity contribution >= 4 is 11.6 Å². The van der Waals surface area contributed by atoms with Crippen LogP contribution in [0.2, 0.25) is 0 Å². The summed E-state index contributed by atoms with van der Waals surface area (Å²) in [6, 6.07) is 15.4. The predicted octanol–water partition coefficient (Wildman–Crippen LogP) is 3.09. The average Bonchev–Trinajstić information content (AvgIpc) is 2.93. The van der Waals surface area contributed by atoms with E-state index in [0.717, 1.165) is 22.4 Å². The summed E-state index contributed by atoms with van der Waals surface area (Å²) in [5.74, 6) is -0.307. The molecule has 0 bridgehead atoms. The van der Waals surface area contributed by atoms with E-state index < -0.39 is 0 Å². The second-order valence-electron chi connectivity index (χ2n) is 5.82. The number of carbonyl (C=O) groups is 1. The van der Waals surface area contributed by atoms with Gasteiger partial charge in [0.05, 0.1) is 6.54 Å². The summed E-state index contributed by atoms with van der Waals surface area (Å²) in [7, 11) is 0. The van der Waals surface area contributed by atoms with Crippen molar-refractivity contribution in [1.82, 2.24) is 9.55 Å². The van der Waals surface area contributed by atoms with Gasteiger partial charge in [-0.25, -0.2) is 4.79 Å². The highest BCUT2D eigenvalue weighted by atomic mass is 16.2. The number of aryl methyl sites for hydroxylation is 2. The van der Waals surface area contributed by atoms with Crippen LogP contribution in [-0.4, -0.2) is 15.5 Å². The van der Waals surface area contributed by atoms with Crippen LogP contribution in [0.5, 0.6) is 0 Å². The molecule has 122 valence electrons. The number of carbonyl (C=O) groups excluding carboxylic acids is 1. The fourth-order valence-electron chi connectivity index (χ4n) is 2.56. The Morgan fingerprint density at radius 3 is 2.62 bits per heavy atom. The Kier molecular flexibility index (Phi) is 4.33. The van der Waals surface area contributed by atoms with Gasteiger partial charge in [-0.3, -0.25) is 9.36 Å². The van der Waals surface area contributed by atoms with Gasteiger partial charge in [-0.2, -0.15) is 0 Å². The number of rotatable bonds is 4. The molecule has 0 spiro atoms. The van der Waals surface area contributed by atoms with Crippen LogP contribution >= 0.6 is 0 Å². The highest BCUT2D eigenvalue weighted by Crippen LogP contribution is 2.17. The van der Waals surface area contributed by atoms with Crippen LogP contribution < -0.4 is 11.0 Å². The molecule has 24 heavy (non-hydrogen) atoms. The highest BCUT2D eigenvalue weighted by molar-refractivity contribution is 6.03. The van der Waals surface area contributed by atoms with E-state index in [0.29, 0.717) is 12.2 Å². The maximum atomic E-state index is 12.6. The van der Waals surface area contributed by atoms with E-state index in [1.807, 2.05) is 62.4 Å². The van der Waals surface area contributed by atoms with E-state index in [1.54, 1.807) is 0 Å². The molecule has 3 aromatic rings. The van der Waals surface area contributed by atoms with E-state index in [9.17, 15) is 9.59 Å². The van der Waals surface area contributed by atoms with Crippen molar-refractivity contribution in [2.45, 2.75) is 20.4 Å². The maximum absolute atomic E-state index is 12.6. The molecule has 0 unspecified atom stereocenters. The molecule has 0 aliphatic carbocycles. The summed E-state index contributed by atoms with van der Waals surface area (Å²) >= 11 is 0. The number of hydrogen-bond acceptors (Lipinski definition) is 2. The van der Waals surface area contributed by atoms with E-state index >= 15 is 0 Å². The normalized spacial score (nSPS) is 10.6. The minimum Gasteiger partial charge on any atom is -0.320 e. The lowest BCUT2D eigenvalue weighted by Gasteiger charge is -2.11. The Bertz CT molecular complexity index is 923. The van der Waals surface area contributed by atoms with Gasteiger partial charge in [-0.15, -0.1) is 0 Å². The highest BCUT2D eigenvalue weighted by Gasteiger charge is 2.15. The molecular weight excluding hydrogens is 302 g/mol. The lowest BCUT2D eigenvalue weighted by Crippen LogP contribution is -2.24. The van der Waals surface area contributed by atoms with Gasteiger partial charge in [0.25, 0.3) is 5.91 Å². The van der Waals surface area contributed by atoms with Gasteiger partial charge in [0.2, 0.25) is 0 Å². The minimum atomic E-state index is -0.307. The molecule has 1 heterocycles. The fourth-order valence-corrected chi connectivity index (χ4v) is 2.56. The lowest BCUT2D eigenvalue weighted by atomic mass is 10.1. The van der Waals surface area contributed by atoms with Gasteiger partial charge in [-0.05, 0) is 36.6 Å². The van der Waals surface area contributed by atoms with Crippen molar-refractivity contribution in [3.05, 3.63) is 87.6 Å². The van der Waals surface area contributed by atoms with Crippen molar-refractivity contribution in [3.8, 4) is 0 Å². The van der Waals surface area contributed by atoms with Crippen molar-refractivity contribution in [2.24, 2.45) is 0 Å². The summed E-state index contributed by atoms with van der Waals surface area (Å²) < 4.78 is 1.44. The van der Waals surface area contributed by atoms with Crippen molar-refractivity contribution in [3.63, 3.8) is 0 Å². The fraction of sp³-hybridized carbons (Fsp3) is 0.158. The second-order valence-corrected chi connectivity index (χ2v) is 5.82. The molecule has 2 aromatic carbocycles. The van der Waals surface area contributed by atoms with Crippen LogP contribution in [0.25, 0.3) is 0 Å². The summed E-state index contributed by atoms with van der Waals surface area (Å²) in [4.78, 5) is 27.3. The van der Waals surface area contributed by atoms with Crippen LogP contribution in [0.4, 0.5) is 5.69 Å². The zero-order valence-electron chi connectivity index (χ0n) is 13.7. The standard InChI is InChI=1S/C19H19N3O2/c1-13-8-9-14(2)16(10-13)21-18(23)17-11-20-19(24)22(17)12-15-6-4-3-5-7-15/h3-11H,12H2,1-2H3,(H,20,24)(H,21,23). The number of hydrogen-bond donors (Lipinski definition) is 2. The Morgan fingerprint density at radius 2 is 1.88 bits per heavy atom. The van der Waals surface area contributed by atoms with Crippen LogP contribution in [0.1, 0.15) is 27.2 Å². The summed E-state index contributed by atoms with van der Waals surface area (Å²) in [5, 5.41) is 2.89. The molecule has 0 aliphatic rings. The first kappa shape index (κ1) is 15.8. The molecule has 2 N–H and O–H groups in total. The Morgan fingerprint density at radius 1 is 1.12 bits per heavy atom. The molecule has 5 heteroatoms. The number of anilines is 1. The van der Waals surface area contributed by atoms with E-state index in [1.165, 1.54) is 10.8 Å². The Labute approximate surface area is 140 Å². The zero-order valence-corrected chi connectivity index (χ0v) is 13.7. The largest absolute Gasteiger partial charge is 0.326 e. The van der Waals surface area contributed by atoms with E-state index in [2.05, 4.69) is 10.3 Å². The molecular formula is C19H19N3O2. The molecule has 0 fully saturated rings. The molecule has 0 saturated heterocycles. The van der Waals surface area contributed by atoms with Gasteiger partial charge < -0.3 is 10.3 Å². The first-order chi connectivity index (χ1) is 11.5. The maximum Gasteiger partial charge on any atom is 0.326 e. The molecule has 0 atom stereocenters. The third kappa shape index (κ3) is 3.30. The molecule has 3 rings (SSSR count). The minimum absolute atomic E-state index is 0.301. The van der Waals surface area contributed by atoms with Gasteiger partial charge in [-0.1, -0.05) is 42.5 Å². The Hall–Kier alpha value is -3.08. The first-order valence-corrected chi connectivity index (χ1v) is 7.75. The predicted molar refractivity (Wildman–Crippen MR) is 94.5 cm³/mol. The monoisotopic (exact) mass is 321 g/mol. The van der Waals surface area contributed by atoms with Crippen LogP contribution in [-0.2, 0) is 6.54 Å². The molecule has 0 aliphatic heterocycles. The number of aromatic nitrogens is 2. The second kappa shape index (κ2) is 6.58. The lowest BCUT2D eigenvalue weighted by molar-refractivity contribution is 0.101. The summed E-state index contributed by atoms with van der Waals surface area (Å²) in [5.41, 5.74) is 3.75. The third-order valence-corrected chi connectivity index (χ3v) is 3.93. The third-order valence-electron chi connectivity index (χ3n) is 3.93. The Balaban J connectivity index is 1.88. The van der Waals surface area contributed by atoms with Crippen LogP contribution in [0.15, 0.2) is 59.5 Å². The van der Waals surface area contributed by atoms with Crippen LogP contribution in [0, 0.1) is 13.8 Å². The number of H-pyrrole nitrogens is 1. The number of imidazole rings is 1. The molecule has 0 radical (unpaired) electrons. The zero-order chi connectivity index (χ0) is 17.1. The smallest absolute Gasteiger partial charge is 0.320 e. The molecule has 5 nitrogen and oxygen atoms in total. The number of amides is 1. The number of nitrogens with one attached hydrogen (secondary N) is 2. The van der Waals surface area contributed by atoms with E-state index in [4.69, 9.17) is 0 Å². The quantitative estimate of drug-likeness (QED) is 0.775. The molecule has 0 saturated carbocycles. The topological polar surface area (TPSA) is 66.9 Å². The first-order valence-electron chi connectivity index (χ1n) is 7.75. The van der Waals surface area contributed by atoms with Crippen molar-refractivity contribution in [2.75, 3.05) is 5.32 Å². The van der Waals surface area contributed by atoms with Crippen molar-refractivity contribution in [1.29, 1.82) is 0 Å². The molecule has 1 aromatic heterocycles. The summed E-state index contributed by atoms with van der Waals surface area (Å²) in [6.45, 7) is 4.25. The average molecular weight is 321 g/mol. The SMILES string of the molecule is Cc1ccc(C)c(NC(=O)c2c[nH]c(=O)n2Cc2ccccc2)c1. The van der Waals surface area contributed by atoms with Gasteiger partial charge in [0, 0.05) is 11.9 Å². The van der Waals surface area contributed by atoms with Crippen LogP contribution in [0.3, 0.4) is 0 Å². The van der Waals surface area contributed by atoms with Gasteiger partial charge in [0.1, 0.15) is 5.69 Å².